The van der Waals surface area contributed by atoms with Gasteiger partial charge in [-0.15, -0.1) is 12.3 Å². The molecule has 0 aliphatic carbocycles. The molecular weight excluding hydrogens is 252 g/mol. The summed E-state index contributed by atoms with van der Waals surface area (Å²) in [6, 6.07) is 0.262. The van der Waals surface area contributed by atoms with Gasteiger partial charge in [0.25, 0.3) is 0 Å². The number of likely N-dealkylation sites (tertiary alicyclic amines) is 1. The number of carbonyl (C=O) groups excluding carboxylic acids is 1. The fourth-order valence-electron chi connectivity index (χ4n) is 2.35. The van der Waals surface area contributed by atoms with Crippen LogP contribution in [0.5, 0.6) is 0 Å². The van der Waals surface area contributed by atoms with Crippen molar-refractivity contribution in [2.24, 2.45) is 0 Å². The molecular formula is C16H28N2O2. The Morgan fingerprint density at radius 1 is 1.45 bits per heavy atom. The highest BCUT2D eigenvalue weighted by Gasteiger charge is 2.31. The van der Waals surface area contributed by atoms with Crippen molar-refractivity contribution in [3.05, 3.63) is 0 Å². The maximum absolute atomic E-state index is 12.1. The Labute approximate surface area is 123 Å². The van der Waals surface area contributed by atoms with E-state index in [4.69, 9.17) is 11.2 Å². The van der Waals surface area contributed by atoms with E-state index in [0.29, 0.717) is 0 Å². The summed E-state index contributed by atoms with van der Waals surface area (Å²) in [7, 11) is 0. The maximum atomic E-state index is 12.1. The smallest absolute Gasteiger partial charge is 0.410 e. The monoisotopic (exact) mass is 280 g/mol. The summed E-state index contributed by atoms with van der Waals surface area (Å²) in [4.78, 5) is 14.0. The Balaban J connectivity index is 2.27. The molecule has 1 heterocycles. The van der Waals surface area contributed by atoms with Crippen LogP contribution in [0, 0.1) is 12.3 Å². The first-order valence-corrected chi connectivity index (χ1v) is 7.58. The average molecular weight is 280 g/mol. The van der Waals surface area contributed by atoms with E-state index in [-0.39, 0.29) is 12.1 Å². The van der Waals surface area contributed by atoms with E-state index in [1.807, 2.05) is 25.7 Å². The molecule has 0 radical (unpaired) electrons. The first-order valence-electron chi connectivity index (χ1n) is 7.58. The predicted molar refractivity (Wildman–Crippen MR) is 81.5 cm³/mol. The van der Waals surface area contributed by atoms with Gasteiger partial charge in [-0.1, -0.05) is 0 Å². The molecule has 20 heavy (non-hydrogen) atoms. The molecule has 1 unspecified atom stereocenters. The van der Waals surface area contributed by atoms with Crippen molar-refractivity contribution >= 4 is 6.09 Å². The van der Waals surface area contributed by atoms with Gasteiger partial charge in [0.2, 0.25) is 0 Å². The van der Waals surface area contributed by atoms with Crippen LogP contribution in [0.1, 0.15) is 52.9 Å². The second-order valence-electron chi connectivity index (χ2n) is 6.34. The summed E-state index contributed by atoms with van der Waals surface area (Å²) >= 11 is 0. The van der Waals surface area contributed by atoms with Crippen molar-refractivity contribution in [2.75, 3.05) is 19.6 Å². The van der Waals surface area contributed by atoms with Crippen LogP contribution < -0.4 is 5.32 Å². The lowest BCUT2D eigenvalue weighted by Crippen LogP contribution is -2.44. The minimum atomic E-state index is -0.424. The lowest BCUT2D eigenvalue weighted by atomic mass is 10.2. The Hall–Kier alpha value is -1.21. The number of nitrogens with one attached hydrogen (secondary N) is 1. The van der Waals surface area contributed by atoms with Crippen molar-refractivity contribution in [3.63, 3.8) is 0 Å². The highest BCUT2D eigenvalue weighted by molar-refractivity contribution is 5.69. The Morgan fingerprint density at radius 2 is 2.20 bits per heavy atom. The van der Waals surface area contributed by atoms with Crippen LogP contribution in [0.2, 0.25) is 0 Å². The third-order valence-electron chi connectivity index (χ3n) is 3.31. The number of nitrogens with zero attached hydrogens (tertiary/aromatic N) is 1. The van der Waals surface area contributed by atoms with Gasteiger partial charge in [-0.25, -0.2) is 4.79 Å². The van der Waals surface area contributed by atoms with Crippen LogP contribution in [0.15, 0.2) is 0 Å². The molecule has 1 saturated heterocycles. The van der Waals surface area contributed by atoms with E-state index >= 15 is 0 Å². The van der Waals surface area contributed by atoms with Crippen molar-refractivity contribution < 1.29 is 9.53 Å². The van der Waals surface area contributed by atoms with Crippen molar-refractivity contribution in [1.82, 2.24) is 10.2 Å². The molecule has 114 valence electrons. The molecule has 0 spiro atoms. The van der Waals surface area contributed by atoms with Gasteiger partial charge in [0, 0.05) is 25.6 Å². The van der Waals surface area contributed by atoms with Gasteiger partial charge < -0.3 is 15.0 Å². The number of unbranched alkanes of at least 4 members (excludes halogenated alkanes) is 2. The van der Waals surface area contributed by atoms with Crippen LogP contribution >= 0.6 is 0 Å². The van der Waals surface area contributed by atoms with E-state index in [2.05, 4.69) is 11.2 Å². The SMILES string of the molecule is C#CCCCCNCC1CCCN1C(=O)OC(C)(C)C. The maximum Gasteiger partial charge on any atom is 0.410 e. The first-order chi connectivity index (χ1) is 9.44. The number of amides is 1. The molecule has 1 amide bonds. The fraction of sp³-hybridized carbons (Fsp3) is 0.812. The molecule has 1 aliphatic rings. The van der Waals surface area contributed by atoms with Gasteiger partial charge >= 0.3 is 6.09 Å². The largest absolute Gasteiger partial charge is 0.444 e. The van der Waals surface area contributed by atoms with Crippen LogP contribution in [0.4, 0.5) is 4.79 Å². The van der Waals surface area contributed by atoms with Gasteiger partial charge in [0.15, 0.2) is 0 Å². The van der Waals surface area contributed by atoms with Crippen LogP contribution in [0.25, 0.3) is 0 Å². The molecule has 4 heteroatoms. The quantitative estimate of drug-likeness (QED) is 0.601. The molecule has 1 rings (SSSR count). The van der Waals surface area contributed by atoms with Gasteiger partial charge in [0.1, 0.15) is 5.60 Å². The lowest BCUT2D eigenvalue weighted by Gasteiger charge is -2.28. The van der Waals surface area contributed by atoms with E-state index < -0.39 is 5.60 Å². The second kappa shape index (κ2) is 8.16. The molecule has 0 aromatic heterocycles. The summed E-state index contributed by atoms with van der Waals surface area (Å²) in [5.41, 5.74) is -0.424. The zero-order valence-electron chi connectivity index (χ0n) is 13.1. The number of hydrogen-bond acceptors (Lipinski definition) is 3. The Morgan fingerprint density at radius 3 is 2.85 bits per heavy atom. The van der Waals surface area contributed by atoms with E-state index in [1.54, 1.807) is 0 Å². The van der Waals surface area contributed by atoms with Crippen molar-refractivity contribution in [2.45, 2.75) is 64.5 Å². The lowest BCUT2D eigenvalue weighted by molar-refractivity contribution is 0.0226. The highest BCUT2D eigenvalue weighted by Crippen LogP contribution is 2.20. The number of carbonyl (C=O) groups is 1. The molecule has 1 atom stereocenters. The topological polar surface area (TPSA) is 41.6 Å². The Kier molecular flexibility index (Phi) is 6.87. The minimum Gasteiger partial charge on any atom is -0.444 e. The minimum absolute atomic E-state index is 0.186. The second-order valence-corrected chi connectivity index (χ2v) is 6.34. The number of terminal acetylenes is 1. The van der Waals surface area contributed by atoms with Gasteiger partial charge in [-0.3, -0.25) is 0 Å². The number of ether oxygens (including phenoxy) is 1. The van der Waals surface area contributed by atoms with Crippen molar-refractivity contribution in [3.8, 4) is 12.3 Å². The summed E-state index contributed by atoms with van der Waals surface area (Å²) in [6.07, 6.45) is 10.1. The first kappa shape index (κ1) is 16.8. The summed E-state index contributed by atoms with van der Waals surface area (Å²) in [5.74, 6) is 2.65. The van der Waals surface area contributed by atoms with Crippen LogP contribution in [-0.2, 0) is 4.74 Å². The number of rotatable bonds is 6. The third kappa shape index (κ3) is 6.29. The van der Waals surface area contributed by atoms with Crippen molar-refractivity contribution in [1.29, 1.82) is 0 Å². The molecule has 1 N–H and O–H groups in total. The van der Waals surface area contributed by atoms with Gasteiger partial charge in [-0.05, 0) is 53.0 Å². The summed E-state index contributed by atoms with van der Waals surface area (Å²) in [6.45, 7) is 8.31. The molecule has 4 nitrogen and oxygen atoms in total. The summed E-state index contributed by atoms with van der Waals surface area (Å²) < 4.78 is 5.45. The molecule has 0 aromatic carbocycles. The van der Waals surface area contributed by atoms with Crippen LogP contribution in [0.3, 0.4) is 0 Å². The molecule has 1 fully saturated rings. The zero-order chi connectivity index (χ0) is 15.0. The zero-order valence-corrected chi connectivity index (χ0v) is 13.1. The van der Waals surface area contributed by atoms with E-state index in [9.17, 15) is 4.79 Å². The number of hydrogen-bond donors (Lipinski definition) is 1. The van der Waals surface area contributed by atoms with Gasteiger partial charge in [-0.2, -0.15) is 0 Å². The predicted octanol–water partition coefficient (Wildman–Crippen LogP) is 2.78. The highest BCUT2D eigenvalue weighted by atomic mass is 16.6. The molecule has 0 saturated carbocycles. The average Bonchev–Trinajstić information content (AvgIpc) is 2.80. The van der Waals surface area contributed by atoms with Gasteiger partial charge in [0.05, 0.1) is 0 Å². The van der Waals surface area contributed by atoms with Crippen LogP contribution in [-0.4, -0.2) is 42.3 Å². The fourth-order valence-corrected chi connectivity index (χ4v) is 2.35. The molecule has 0 aromatic rings. The Bertz CT molecular complexity index is 341. The third-order valence-corrected chi connectivity index (χ3v) is 3.31. The molecule has 0 bridgehead atoms. The van der Waals surface area contributed by atoms with E-state index in [1.165, 1.54) is 0 Å². The normalized spacial score (nSPS) is 18.9. The molecule has 1 aliphatic heterocycles. The standard InChI is InChI=1S/C16H28N2O2/c1-5-6-7-8-11-17-13-14-10-9-12-18(14)15(19)20-16(2,3)4/h1,14,17H,6-13H2,2-4H3. The summed E-state index contributed by atoms with van der Waals surface area (Å²) in [5, 5.41) is 3.42. The van der Waals surface area contributed by atoms with E-state index in [0.717, 1.165) is 51.7 Å².